The highest BCUT2D eigenvalue weighted by Gasteiger charge is 2.29. The number of carbonyl (C=O) groups is 6. The average molecular weight is 763 g/mol. The second-order valence-electron chi connectivity index (χ2n) is 14.6. The fraction of sp³-hybridized carbons (Fsp3) is 0.667. The van der Waals surface area contributed by atoms with Crippen molar-refractivity contribution in [1.29, 1.82) is 0 Å². The molecule has 0 bridgehead atoms. The molecule has 18 heteroatoms. The normalized spacial score (nSPS) is 20.0. The van der Waals surface area contributed by atoms with E-state index in [-0.39, 0.29) is 57.1 Å². The van der Waals surface area contributed by atoms with Crippen LogP contribution in [0, 0.1) is 0 Å². The van der Waals surface area contributed by atoms with Crippen molar-refractivity contribution in [2.45, 2.75) is 51.9 Å². The number of aliphatic carboxylic acids is 4. The van der Waals surface area contributed by atoms with Crippen molar-refractivity contribution in [2.24, 2.45) is 0 Å². The Kier molecular flexibility index (Phi) is 18.2. The van der Waals surface area contributed by atoms with Gasteiger partial charge >= 0.3 is 23.9 Å². The molecule has 2 aliphatic heterocycles. The van der Waals surface area contributed by atoms with E-state index in [0.717, 1.165) is 5.56 Å². The predicted molar refractivity (Wildman–Crippen MR) is 198 cm³/mol. The molecule has 1 aromatic carbocycles. The number of hydrogen-bond acceptors (Lipinski definition) is 12. The highest BCUT2D eigenvalue weighted by Crippen LogP contribution is 2.15. The van der Waals surface area contributed by atoms with Crippen LogP contribution in [0.3, 0.4) is 0 Å². The van der Waals surface area contributed by atoms with Gasteiger partial charge in [-0.25, -0.2) is 0 Å². The number of benzene rings is 1. The van der Waals surface area contributed by atoms with Crippen molar-refractivity contribution in [3.63, 3.8) is 0 Å². The van der Waals surface area contributed by atoms with E-state index in [9.17, 15) is 49.2 Å². The summed E-state index contributed by atoms with van der Waals surface area (Å²) in [7, 11) is 0. The first kappa shape index (κ1) is 44.2. The van der Waals surface area contributed by atoms with E-state index in [1.807, 2.05) is 42.7 Å². The van der Waals surface area contributed by atoms with Gasteiger partial charge in [-0.3, -0.25) is 58.2 Å². The lowest BCUT2D eigenvalue weighted by molar-refractivity contribution is -0.140. The molecule has 18 nitrogen and oxygen atoms in total. The quantitative estimate of drug-likeness (QED) is 0.109. The van der Waals surface area contributed by atoms with Gasteiger partial charge in [-0.1, -0.05) is 12.1 Å². The third-order valence-electron chi connectivity index (χ3n) is 9.48. The Morgan fingerprint density at radius 3 is 1.54 bits per heavy atom. The molecule has 2 saturated heterocycles. The first-order valence-electron chi connectivity index (χ1n) is 18.5. The zero-order valence-electron chi connectivity index (χ0n) is 31.7. The molecule has 0 aromatic heterocycles. The fourth-order valence-corrected chi connectivity index (χ4v) is 6.85. The lowest BCUT2D eigenvalue weighted by Gasteiger charge is -2.35. The van der Waals surface area contributed by atoms with Crippen LogP contribution < -0.4 is 10.6 Å². The topological polar surface area (TPSA) is 227 Å². The van der Waals surface area contributed by atoms with Crippen molar-refractivity contribution in [1.82, 2.24) is 40.0 Å². The van der Waals surface area contributed by atoms with Gasteiger partial charge in [0.25, 0.3) is 5.91 Å². The molecule has 54 heavy (non-hydrogen) atoms. The number of nitrogens with one attached hydrogen (secondary N) is 2. The predicted octanol–water partition coefficient (Wildman–Crippen LogP) is -1.23. The molecule has 302 valence electrons. The van der Waals surface area contributed by atoms with E-state index >= 15 is 0 Å². The van der Waals surface area contributed by atoms with Gasteiger partial charge in [0.1, 0.15) is 0 Å². The Bertz CT molecular complexity index is 1390. The monoisotopic (exact) mass is 762 g/mol. The second-order valence-corrected chi connectivity index (χ2v) is 14.6. The molecule has 1 aromatic rings. The summed E-state index contributed by atoms with van der Waals surface area (Å²) in [5, 5.41) is 44.2. The highest BCUT2D eigenvalue weighted by atomic mass is 16.4. The van der Waals surface area contributed by atoms with Crippen LogP contribution in [0.2, 0.25) is 0 Å². The Hall–Kier alpha value is -4.20. The van der Waals surface area contributed by atoms with Crippen LogP contribution in [0.1, 0.15) is 43.1 Å². The van der Waals surface area contributed by atoms with Crippen LogP contribution in [0.5, 0.6) is 0 Å². The molecule has 2 amide bonds. The molecular weight excluding hydrogens is 704 g/mol. The Morgan fingerprint density at radius 1 is 0.593 bits per heavy atom. The Balaban J connectivity index is 1.69. The van der Waals surface area contributed by atoms with Gasteiger partial charge < -0.3 is 31.1 Å². The van der Waals surface area contributed by atoms with E-state index in [2.05, 4.69) is 15.5 Å². The Labute approximate surface area is 316 Å². The van der Waals surface area contributed by atoms with Crippen LogP contribution in [-0.4, -0.2) is 208 Å². The number of carbonyl (C=O) groups excluding carboxylic acids is 2. The second kappa shape index (κ2) is 22.2. The minimum absolute atomic E-state index is 0.000846. The third-order valence-corrected chi connectivity index (χ3v) is 9.48. The van der Waals surface area contributed by atoms with Gasteiger partial charge in [0, 0.05) is 102 Å². The first-order valence-corrected chi connectivity index (χ1v) is 18.5. The zero-order valence-corrected chi connectivity index (χ0v) is 31.7. The summed E-state index contributed by atoms with van der Waals surface area (Å²) in [6, 6.07) is 6.50. The molecule has 2 unspecified atom stereocenters. The van der Waals surface area contributed by atoms with E-state index in [0.29, 0.717) is 84.0 Å². The van der Waals surface area contributed by atoms with Crippen molar-refractivity contribution < 1.29 is 49.2 Å². The summed E-state index contributed by atoms with van der Waals surface area (Å²) in [6.45, 7) is 9.69. The molecule has 0 spiro atoms. The minimum atomic E-state index is -1.02. The lowest BCUT2D eigenvalue weighted by atomic mass is 10.1. The number of hydrogen-bond donors (Lipinski definition) is 6. The van der Waals surface area contributed by atoms with E-state index in [1.165, 1.54) is 0 Å². The SMILES string of the molecule is CC(C)NC(=O)c1ccc(CN2CCN(CC(=O)O)CC(CC(C)NC(=O)CN3CCN(CC(=O)O)CCN(CC(=O)O)CC3)N(CC(=O)O)CC2)cc1. The highest BCUT2D eigenvalue weighted by molar-refractivity contribution is 5.94. The maximum absolute atomic E-state index is 13.3. The van der Waals surface area contributed by atoms with E-state index < -0.39 is 36.0 Å². The third kappa shape index (κ3) is 16.9. The first-order chi connectivity index (χ1) is 25.6. The molecule has 6 N–H and O–H groups in total. The van der Waals surface area contributed by atoms with Crippen LogP contribution >= 0.6 is 0 Å². The standard InChI is InChI=1S/C36H58N8O10/c1-26(2)37-36(54)29-6-4-28(5-7-29)19-39-14-15-43(24-34(50)51)20-30(44(17-16-39)25-35(52)53)18-27(3)38-31(45)21-40-8-10-41(22-32(46)47)12-13-42(11-9-40)23-33(48)49/h4-7,26-27,30H,8-25H2,1-3H3,(H,37,54)(H,38,45)(H,46,47)(H,48,49)(H,50,51)(H,52,53). The molecule has 2 fully saturated rings. The van der Waals surface area contributed by atoms with Gasteiger partial charge in [-0.2, -0.15) is 0 Å². The largest absolute Gasteiger partial charge is 0.480 e. The molecule has 2 aliphatic rings. The molecular formula is C36H58N8O10. The maximum atomic E-state index is 13.3. The summed E-state index contributed by atoms with van der Waals surface area (Å²) in [5.74, 6) is -4.46. The summed E-state index contributed by atoms with van der Waals surface area (Å²) < 4.78 is 0. The van der Waals surface area contributed by atoms with Gasteiger partial charge in [-0.15, -0.1) is 0 Å². The minimum Gasteiger partial charge on any atom is -0.480 e. The van der Waals surface area contributed by atoms with Crippen LogP contribution in [-0.2, 0) is 30.5 Å². The summed E-state index contributed by atoms with van der Waals surface area (Å²) in [6.07, 6.45) is 0.355. The summed E-state index contributed by atoms with van der Waals surface area (Å²) in [4.78, 5) is 83.6. The van der Waals surface area contributed by atoms with Gasteiger partial charge in [-0.05, 0) is 44.9 Å². The summed E-state index contributed by atoms with van der Waals surface area (Å²) in [5.41, 5.74) is 1.50. The van der Waals surface area contributed by atoms with E-state index in [4.69, 9.17) is 0 Å². The van der Waals surface area contributed by atoms with Crippen molar-refractivity contribution in [3.05, 3.63) is 35.4 Å². The average Bonchev–Trinajstić information content (AvgIpc) is 3.19. The maximum Gasteiger partial charge on any atom is 0.317 e. The fourth-order valence-electron chi connectivity index (χ4n) is 6.85. The Morgan fingerprint density at radius 2 is 1.04 bits per heavy atom. The molecule has 2 heterocycles. The van der Waals surface area contributed by atoms with Crippen molar-refractivity contribution in [3.8, 4) is 0 Å². The number of amides is 2. The molecule has 2 atom stereocenters. The number of carboxylic acids is 4. The number of carboxylic acid groups (broad SMARTS) is 4. The number of rotatable bonds is 17. The lowest BCUT2D eigenvalue weighted by Crippen LogP contribution is -2.51. The molecule has 0 aliphatic carbocycles. The van der Waals surface area contributed by atoms with Crippen LogP contribution in [0.25, 0.3) is 0 Å². The van der Waals surface area contributed by atoms with Crippen LogP contribution in [0.15, 0.2) is 24.3 Å². The number of nitrogens with zero attached hydrogens (tertiary/aromatic N) is 6. The van der Waals surface area contributed by atoms with Gasteiger partial charge in [0.2, 0.25) is 5.91 Å². The van der Waals surface area contributed by atoms with Crippen molar-refractivity contribution >= 4 is 35.7 Å². The smallest absolute Gasteiger partial charge is 0.317 e. The molecule has 3 rings (SSSR count). The van der Waals surface area contributed by atoms with Crippen molar-refractivity contribution in [2.75, 3.05) is 105 Å². The molecule has 0 radical (unpaired) electrons. The van der Waals surface area contributed by atoms with Crippen LogP contribution in [0.4, 0.5) is 0 Å². The van der Waals surface area contributed by atoms with Gasteiger partial charge in [0.15, 0.2) is 0 Å². The van der Waals surface area contributed by atoms with E-state index in [1.54, 1.807) is 26.8 Å². The zero-order chi connectivity index (χ0) is 39.8. The van der Waals surface area contributed by atoms with Gasteiger partial charge in [0.05, 0.1) is 32.7 Å². The molecule has 0 saturated carbocycles. The summed E-state index contributed by atoms with van der Waals surface area (Å²) >= 11 is 0.